The topological polar surface area (TPSA) is 110 Å². The zero-order chi connectivity index (χ0) is 24.0. The van der Waals surface area contributed by atoms with Crippen molar-refractivity contribution in [2.75, 3.05) is 6.61 Å². The van der Waals surface area contributed by atoms with Crippen LogP contribution < -0.4 is 5.32 Å². The van der Waals surface area contributed by atoms with Crippen molar-refractivity contribution in [1.82, 2.24) is 5.32 Å². The summed E-state index contributed by atoms with van der Waals surface area (Å²) in [5.41, 5.74) is 0. The Morgan fingerprint density at radius 3 is 1.88 bits per heavy atom. The van der Waals surface area contributed by atoms with Crippen LogP contribution in [0.3, 0.4) is 0 Å². The molecule has 6 heteroatoms. The molecule has 1 amide bonds. The summed E-state index contributed by atoms with van der Waals surface area (Å²) < 4.78 is 0. The maximum absolute atomic E-state index is 12.1. The lowest BCUT2D eigenvalue weighted by Crippen LogP contribution is -2.53. The molecule has 0 aromatic heterocycles. The number of amides is 1. The highest BCUT2D eigenvalue weighted by molar-refractivity contribution is 5.76. The average Bonchev–Trinajstić information content (AvgIpc) is 2.79. The molecule has 0 aliphatic rings. The third-order valence-electron chi connectivity index (χ3n) is 5.98. The molecule has 4 unspecified atom stereocenters. The summed E-state index contributed by atoms with van der Waals surface area (Å²) in [5.74, 6) is -0.290. The lowest BCUT2D eigenvalue weighted by atomic mass is 9.97. The van der Waals surface area contributed by atoms with Crippen LogP contribution in [0.15, 0.2) is 12.2 Å². The second-order valence-corrected chi connectivity index (χ2v) is 9.03. The van der Waals surface area contributed by atoms with E-state index in [0.717, 1.165) is 32.1 Å². The van der Waals surface area contributed by atoms with E-state index in [1.165, 1.54) is 51.4 Å². The summed E-state index contributed by atoms with van der Waals surface area (Å²) in [7, 11) is 0. The first-order chi connectivity index (χ1) is 15.5. The second-order valence-electron chi connectivity index (χ2n) is 9.03. The molecule has 0 saturated heterocycles. The number of hydrogen-bond donors (Lipinski definition) is 5. The fourth-order valence-electron chi connectivity index (χ4n) is 3.78. The van der Waals surface area contributed by atoms with Gasteiger partial charge < -0.3 is 25.7 Å². The normalized spacial score (nSPS) is 15.6. The van der Waals surface area contributed by atoms with E-state index >= 15 is 0 Å². The standard InChI is InChI=1S/C26H51NO5/c1-3-5-7-9-11-12-14-15-17-19-23(29)26(32)25(31)22(21-28)27-24(30)20-18-16-13-10-8-6-4-2/h13,16,22-23,25-26,28-29,31-32H,3-12,14-15,17-21H2,1-2H3,(H,27,30). The molecule has 0 aromatic carbocycles. The van der Waals surface area contributed by atoms with Gasteiger partial charge in [-0.2, -0.15) is 0 Å². The molecule has 0 spiro atoms. The van der Waals surface area contributed by atoms with Gasteiger partial charge in [0.2, 0.25) is 5.91 Å². The van der Waals surface area contributed by atoms with Gasteiger partial charge in [0.15, 0.2) is 0 Å². The molecule has 0 radical (unpaired) electrons. The van der Waals surface area contributed by atoms with E-state index in [-0.39, 0.29) is 12.3 Å². The van der Waals surface area contributed by atoms with Crippen LogP contribution in [0, 0.1) is 0 Å². The average molecular weight is 458 g/mol. The third kappa shape index (κ3) is 16.7. The minimum absolute atomic E-state index is 0.255. The Balaban J connectivity index is 4.07. The maximum atomic E-state index is 12.1. The van der Waals surface area contributed by atoms with Crippen LogP contribution in [0.5, 0.6) is 0 Å². The zero-order valence-corrected chi connectivity index (χ0v) is 20.7. The van der Waals surface area contributed by atoms with Crippen molar-refractivity contribution >= 4 is 5.91 Å². The number of carbonyl (C=O) groups is 1. The van der Waals surface area contributed by atoms with Crippen LogP contribution in [0.1, 0.15) is 117 Å². The summed E-state index contributed by atoms with van der Waals surface area (Å²) >= 11 is 0. The Kier molecular flexibility index (Phi) is 21.2. The number of nitrogens with one attached hydrogen (secondary N) is 1. The Labute approximate surface area is 196 Å². The van der Waals surface area contributed by atoms with Gasteiger partial charge in [0.25, 0.3) is 0 Å². The van der Waals surface area contributed by atoms with Crippen molar-refractivity contribution in [1.29, 1.82) is 0 Å². The molecule has 0 heterocycles. The number of rotatable bonds is 22. The molecule has 0 bridgehead atoms. The van der Waals surface area contributed by atoms with E-state index in [0.29, 0.717) is 12.8 Å². The number of unbranched alkanes of at least 4 members (excludes halogenated alkanes) is 11. The molecule has 0 aliphatic heterocycles. The van der Waals surface area contributed by atoms with Gasteiger partial charge in [0, 0.05) is 6.42 Å². The van der Waals surface area contributed by atoms with E-state index in [4.69, 9.17) is 0 Å². The third-order valence-corrected chi connectivity index (χ3v) is 5.98. The van der Waals surface area contributed by atoms with Gasteiger partial charge in [0.05, 0.1) is 18.8 Å². The molecular weight excluding hydrogens is 406 g/mol. The monoisotopic (exact) mass is 457 g/mol. The molecule has 0 aliphatic carbocycles. The minimum atomic E-state index is -1.41. The molecule has 0 fully saturated rings. The van der Waals surface area contributed by atoms with Crippen molar-refractivity contribution in [3.05, 3.63) is 12.2 Å². The first kappa shape index (κ1) is 31.0. The zero-order valence-electron chi connectivity index (χ0n) is 20.7. The largest absolute Gasteiger partial charge is 0.394 e. The van der Waals surface area contributed by atoms with Gasteiger partial charge in [-0.1, -0.05) is 96.6 Å². The molecule has 0 aromatic rings. The highest BCUT2D eigenvalue weighted by Gasteiger charge is 2.31. The van der Waals surface area contributed by atoms with Crippen molar-refractivity contribution < 1.29 is 25.2 Å². The molecule has 190 valence electrons. The highest BCUT2D eigenvalue weighted by atomic mass is 16.4. The van der Waals surface area contributed by atoms with Gasteiger partial charge >= 0.3 is 0 Å². The molecule has 32 heavy (non-hydrogen) atoms. The van der Waals surface area contributed by atoms with Crippen LogP contribution >= 0.6 is 0 Å². The lowest BCUT2D eigenvalue weighted by Gasteiger charge is -2.29. The van der Waals surface area contributed by atoms with E-state index in [2.05, 4.69) is 25.2 Å². The molecule has 0 saturated carbocycles. The number of carbonyl (C=O) groups excluding carboxylic acids is 1. The first-order valence-corrected chi connectivity index (χ1v) is 13.1. The summed E-state index contributed by atoms with van der Waals surface area (Å²) in [6.07, 6.45) is 16.4. The number of aliphatic hydroxyl groups excluding tert-OH is 4. The molecular formula is C26H51NO5. The smallest absolute Gasteiger partial charge is 0.220 e. The summed E-state index contributed by atoms with van der Waals surface area (Å²) in [5, 5.41) is 42.9. The fourth-order valence-corrected chi connectivity index (χ4v) is 3.78. The molecule has 6 nitrogen and oxygen atoms in total. The SMILES string of the molecule is CCCCCC=CCCC(=O)NC(CO)C(O)C(O)C(O)CCCCCCCCCCC. The van der Waals surface area contributed by atoms with Crippen LogP contribution in [0.2, 0.25) is 0 Å². The predicted molar refractivity (Wildman–Crippen MR) is 131 cm³/mol. The summed E-state index contributed by atoms with van der Waals surface area (Å²) in [6.45, 7) is 3.87. The van der Waals surface area contributed by atoms with Crippen molar-refractivity contribution in [3.8, 4) is 0 Å². The van der Waals surface area contributed by atoms with Gasteiger partial charge in [-0.05, 0) is 25.7 Å². The molecule has 5 N–H and O–H groups in total. The molecule has 4 atom stereocenters. The van der Waals surface area contributed by atoms with Crippen molar-refractivity contribution in [2.45, 2.75) is 141 Å². The van der Waals surface area contributed by atoms with Crippen molar-refractivity contribution in [2.24, 2.45) is 0 Å². The lowest BCUT2D eigenvalue weighted by molar-refractivity contribution is -0.126. The van der Waals surface area contributed by atoms with Crippen LogP contribution in [-0.2, 0) is 4.79 Å². The van der Waals surface area contributed by atoms with Crippen LogP contribution in [0.4, 0.5) is 0 Å². The van der Waals surface area contributed by atoms with E-state index in [1.54, 1.807) is 0 Å². The Bertz CT molecular complexity index is 457. The number of allylic oxidation sites excluding steroid dienone is 2. The summed E-state index contributed by atoms with van der Waals surface area (Å²) in [6, 6.07) is -0.996. The minimum Gasteiger partial charge on any atom is -0.394 e. The quantitative estimate of drug-likeness (QED) is 0.122. The van der Waals surface area contributed by atoms with Gasteiger partial charge in [-0.15, -0.1) is 0 Å². The highest BCUT2D eigenvalue weighted by Crippen LogP contribution is 2.15. The second kappa shape index (κ2) is 21.9. The number of hydrogen-bond acceptors (Lipinski definition) is 5. The van der Waals surface area contributed by atoms with E-state index < -0.39 is 31.0 Å². The van der Waals surface area contributed by atoms with Gasteiger partial charge in [-0.25, -0.2) is 0 Å². The Hall–Kier alpha value is -0.950. The van der Waals surface area contributed by atoms with E-state index in [9.17, 15) is 25.2 Å². The predicted octanol–water partition coefficient (Wildman–Crippen LogP) is 4.38. The van der Waals surface area contributed by atoms with Crippen molar-refractivity contribution in [3.63, 3.8) is 0 Å². The maximum Gasteiger partial charge on any atom is 0.220 e. The Morgan fingerprint density at radius 2 is 1.28 bits per heavy atom. The van der Waals surface area contributed by atoms with Gasteiger partial charge in [-0.3, -0.25) is 4.79 Å². The number of aliphatic hydroxyl groups is 4. The van der Waals surface area contributed by atoms with Crippen LogP contribution in [-0.4, -0.2) is 57.3 Å². The summed E-state index contributed by atoms with van der Waals surface area (Å²) in [4.78, 5) is 12.1. The first-order valence-electron chi connectivity index (χ1n) is 13.1. The molecule has 0 rings (SSSR count). The van der Waals surface area contributed by atoms with Crippen LogP contribution in [0.25, 0.3) is 0 Å². The Morgan fingerprint density at radius 1 is 0.750 bits per heavy atom. The fraction of sp³-hybridized carbons (Fsp3) is 0.885. The van der Waals surface area contributed by atoms with Gasteiger partial charge in [0.1, 0.15) is 12.2 Å². The van der Waals surface area contributed by atoms with E-state index in [1.807, 2.05) is 6.08 Å².